The highest BCUT2D eigenvalue weighted by atomic mass is 35.5. The van der Waals surface area contributed by atoms with E-state index < -0.39 is 5.91 Å². The van der Waals surface area contributed by atoms with Crippen LogP contribution in [0.5, 0.6) is 5.75 Å². The monoisotopic (exact) mass is 535 g/mol. The molecular formula is C24H35ClN7O3P. The number of carbonyl (C=O) groups excluding carboxylic acids is 2. The number of piperidine rings is 1. The summed E-state index contributed by atoms with van der Waals surface area (Å²) in [7, 11) is -0.160. The van der Waals surface area contributed by atoms with Gasteiger partial charge in [0.05, 0.1) is 0 Å². The smallest absolute Gasteiger partial charge is 0.274 e. The van der Waals surface area contributed by atoms with Crippen molar-refractivity contribution in [2.45, 2.75) is 31.7 Å². The summed E-state index contributed by atoms with van der Waals surface area (Å²) in [6.07, 6.45) is 4.51. The number of ether oxygens (including phenoxy) is 1. The molecule has 196 valence electrons. The van der Waals surface area contributed by atoms with Crippen LogP contribution in [0, 0.1) is 0 Å². The highest BCUT2D eigenvalue weighted by Gasteiger charge is 2.24. The predicted octanol–water partition coefficient (Wildman–Crippen LogP) is 2.32. The Kier molecular flexibility index (Phi) is 10.5. The summed E-state index contributed by atoms with van der Waals surface area (Å²) in [6.45, 7) is 6.94. The van der Waals surface area contributed by atoms with Gasteiger partial charge in [-0.15, -0.1) is 0 Å². The van der Waals surface area contributed by atoms with Crippen LogP contribution in [0.2, 0.25) is 5.15 Å². The molecule has 36 heavy (non-hydrogen) atoms. The van der Waals surface area contributed by atoms with Crippen LogP contribution >= 0.6 is 19.5 Å². The van der Waals surface area contributed by atoms with E-state index in [4.69, 9.17) is 27.8 Å². The van der Waals surface area contributed by atoms with Crippen molar-refractivity contribution in [1.82, 2.24) is 25.5 Å². The Hall–Kier alpha value is -2.68. The summed E-state index contributed by atoms with van der Waals surface area (Å²) >= 11 is 5.90. The SMILES string of the molecule is CP(C)CNC(=O)COc1ccc(CCCN2CCCC(NC(=O)c3nc(Cl)c(N)nc3N)C2)cc1. The van der Waals surface area contributed by atoms with Crippen molar-refractivity contribution < 1.29 is 14.3 Å². The van der Waals surface area contributed by atoms with Crippen LogP contribution in [0.4, 0.5) is 11.6 Å². The zero-order valence-electron chi connectivity index (χ0n) is 20.8. The number of aromatic nitrogens is 2. The Bertz CT molecular complexity index is 1040. The van der Waals surface area contributed by atoms with Gasteiger partial charge in [-0.05, 0) is 69.8 Å². The Balaban J connectivity index is 1.39. The zero-order valence-corrected chi connectivity index (χ0v) is 22.4. The summed E-state index contributed by atoms with van der Waals surface area (Å²) in [5.74, 6) is 0.163. The second kappa shape index (κ2) is 13.6. The molecule has 1 atom stereocenters. The molecule has 3 rings (SSSR count). The Morgan fingerprint density at radius 3 is 2.67 bits per heavy atom. The lowest BCUT2D eigenvalue weighted by molar-refractivity contribution is -0.122. The molecule has 2 amide bonds. The molecule has 1 saturated heterocycles. The van der Waals surface area contributed by atoms with E-state index in [9.17, 15) is 9.59 Å². The lowest BCUT2D eigenvalue weighted by Gasteiger charge is -2.33. The fourth-order valence-corrected chi connectivity index (χ4v) is 4.56. The van der Waals surface area contributed by atoms with Crippen LogP contribution in [0.15, 0.2) is 24.3 Å². The van der Waals surface area contributed by atoms with Crippen molar-refractivity contribution in [3.05, 3.63) is 40.7 Å². The highest BCUT2D eigenvalue weighted by molar-refractivity contribution is 7.55. The summed E-state index contributed by atoms with van der Waals surface area (Å²) in [6, 6.07) is 7.87. The lowest BCUT2D eigenvalue weighted by Crippen LogP contribution is -2.48. The van der Waals surface area contributed by atoms with Gasteiger partial charge in [0.25, 0.3) is 11.8 Å². The summed E-state index contributed by atoms with van der Waals surface area (Å²) in [5, 5.41) is 5.83. The molecule has 0 radical (unpaired) electrons. The van der Waals surface area contributed by atoms with E-state index >= 15 is 0 Å². The number of rotatable bonds is 11. The van der Waals surface area contributed by atoms with Gasteiger partial charge in [-0.2, -0.15) is 0 Å². The average molecular weight is 536 g/mol. The van der Waals surface area contributed by atoms with Gasteiger partial charge in [-0.3, -0.25) is 9.59 Å². The van der Waals surface area contributed by atoms with E-state index in [1.54, 1.807) is 0 Å². The number of hydrogen-bond acceptors (Lipinski definition) is 8. The van der Waals surface area contributed by atoms with Gasteiger partial charge in [-0.1, -0.05) is 31.7 Å². The standard InChI is InChI=1S/C24H35ClN7O3P/c1-36(2)15-28-19(33)14-35-18-9-7-16(8-10-18)5-3-11-32-12-4-6-17(13-32)29-24(34)20-22(26)31-23(27)21(25)30-20/h7-10,17H,3-6,11-15H2,1-2H3,(H,28,33)(H,29,34)(H4,26,27,31). The van der Waals surface area contributed by atoms with Gasteiger partial charge < -0.3 is 31.7 Å². The number of amides is 2. The van der Waals surface area contributed by atoms with Gasteiger partial charge in [-0.25, -0.2) is 9.97 Å². The van der Waals surface area contributed by atoms with E-state index in [1.807, 2.05) is 24.3 Å². The van der Waals surface area contributed by atoms with Crippen LogP contribution < -0.4 is 26.8 Å². The molecule has 0 bridgehead atoms. The number of nitrogens with zero attached hydrogens (tertiary/aromatic N) is 3. The third-order valence-corrected chi connectivity index (χ3v) is 6.85. The topological polar surface area (TPSA) is 148 Å². The number of nitrogen functional groups attached to an aromatic ring is 2. The maximum atomic E-state index is 12.6. The maximum Gasteiger partial charge on any atom is 0.274 e. The van der Waals surface area contributed by atoms with Gasteiger partial charge in [0.2, 0.25) is 0 Å². The fourth-order valence-electron chi connectivity index (χ4n) is 3.94. The van der Waals surface area contributed by atoms with Gasteiger partial charge in [0.15, 0.2) is 29.1 Å². The van der Waals surface area contributed by atoms with Crippen LogP contribution in [0.1, 0.15) is 35.3 Å². The Morgan fingerprint density at radius 1 is 1.19 bits per heavy atom. The van der Waals surface area contributed by atoms with E-state index in [2.05, 4.69) is 38.8 Å². The third-order valence-electron chi connectivity index (χ3n) is 5.79. The molecule has 12 heteroatoms. The molecule has 2 aromatic rings. The second-order valence-electron chi connectivity index (χ2n) is 9.12. The fraction of sp³-hybridized carbons (Fsp3) is 0.500. The Labute approximate surface area is 218 Å². The number of likely N-dealkylation sites (tertiary alicyclic amines) is 1. The van der Waals surface area contributed by atoms with Crippen LogP contribution in [-0.2, 0) is 11.2 Å². The largest absolute Gasteiger partial charge is 0.484 e. The quantitative estimate of drug-likeness (QED) is 0.320. The number of nitrogens with one attached hydrogen (secondary N) is 2. The Morgan fingerprint density at radius 2 is 1.94 bits per heavy atom. The summed E-state index contributed by atoms with van der Waals surface area (Å²) < 4.78 is 5.57. The van der Waals surface area contributed by atoms with Crippen LogP contribution in [0.25, 0.3) is 0 Å². The first-order chi connectivity index (χ1) is 17.2. The number of nitrogens with two attached hydrogens (primary N) is 2. The minimum absolute atomic E-state index is 0.000886. The highest BCUT2D eigenvalue weighted by Crippen LogP contribution is 2.21. The lowest BCUT2D eigenvalue weighted by atomic mass is 10.0. The van der Waals surface area contributed by atoms with Crippen molar-refractivity contribution in [3.63, 3.8) is 0 Å². The number of carbonyl (C=O) groups is 2. The first kappa shape index (κ1) is 27.9. The first-order valence-corrected chi connectivity index (χ1v) is 14.8. The molecule has 1 unspecified atom stereocenters. The van der Waals surface area contributed by atoms with E-state index in [0.717, 1.165) is 45.3 Å². The second-order valence-corrected chi connectivity index (χ2v) is 12.0. The predicted molar refractivity (Wildman–Crippen MR) is 145 cm³/mol. The minimum atomic E-state index is -0.394. The van der Waals surface area contributed by atoms with Crippen molar-refractivity contribution >= 4 is 43.0 Å². The molecule has 1 fully saturated rings. The number of benzene rings is 1. The number of hydrogen-bond donors (Lipinski definition) is 4. The zero-order chi connectivity index (χ0) is 26.1. The molecule has 0 aliphatic carbocycles. The van der Waals surface area contributed by atoms with E-state index in [0.29, 0.717) is 12.0 Å². The minimum Gasteiger partial charge on any atom is -0.484 e. The van der Waals surface area contributed by atoms with Gasteiger partial charge in [0, 0.05) is 18.9 Å². The summed E-state index contributed by atoms with van der Waals surface area (Å²) in [4.78, 5) is 34.6. The molecule has 0 spiro atoms. The number of halogens is 1. The molecule has 0 saturated carbocycles. The molecule has 1 aliphatic heterocycles. The molecule has 1 aromatic carbocycles. The summed E-state index contributed by atoms with van der Waals surface area (Å²) in [5.41, 5.74) is 12.6. The normalized spacial score (nSPS) is 16.1. The molecule has 2 heterocycles. The van der Waals surface area contributed by atoms with Gasteiger partial charge in [0.1, 0.15) is 5.75 Å². The molecular weight excluding hydrogens is 501 g/mol. The molecule has 10 nitrogen and oxygen atoms in total. The number of aryl methyl sites for hydroxylation is 1. The van der Waals surface area contributed by atoms with Gasteiger partial charge >= 0.3 is 0 Å². The number of anilines is 2. The van der Waals surface area contributed by atoms with Crippen molar-refractivity contribution in [1.29, 1.82) is 0 Å². The van der Waals surface area contributed by atoms with Crippen molar-refractivity contribution in [3.8, 4) is 5.75 Å². The average Bonchev–Trinajstić information content (AvgIpc) is 2.84. The van der Waals surface area contributed by atoms with E-state index in [1.165, 1.54) is 5.56 Å². The first-order valence-electron chi connectivity index (χ1n) is 12.0. The van der Waals surface area contributed by atoms with Crippen molar-refractivity contribution in [2.75, 3.05) is 57.3 Å². The maximum absolute atomic E-state index is 12.6. The van der Waals surface area contributed by atoms with Crippen LogP contribution in [0.3, 0.4) is 0 Å². The van der Waals surface area contributed by atoms with Crippen LogP contribution in [-0.4, -0.2) is 78.6 Å². The molecule has 6 N–H and O–H groups in total. The molecule has 1 aromatic heterocycles. The third kappa shape index (κ3) is 8.76. The van der Waals surface area contributed by atoms with Crippen molar-refractivity contribution in [2.24, 2.45) is 0 Å². The molecule has 1 aliphatic rings. The van der Waals surface area contributed by atoms with E-state index in [-0.39, 0.29) is 49.0 Å².